The highest BCUT2D eigenvalue weighted by molar-refractivity contribution is 6.09. The number of aliphatic carboxylic acids is 1. The lowest BCUT2D eigenvalue weighted by atomic mass is 9.99. The van der Waals surface area contributed by atoms with Gasteiger partial charge in [-0.3, -0.25) is 4.79 Å². The van der Waals surface area contributed by atoms with E-state index in [-0.39, 0.29) is 11.9 Å². The van der Waals surface area contributed by atoms with Crippen molar-refractivity contribution in [1.29, 1.82) is 0 Å². The molecule has 0 aliphatic rings. The molecule has 4 heteroatoms. The highest BCUT2D eigenvalue weighted by Gasteiger charge is 2.17. The molecule has 1 aromatic rings. The van der Waals surface area contributed by atoms with Gasteiger partial charge in [-0.1, -0.05) is 12.1 Å². The van der Waals surface area contributed by atoms with Crippen molar-refractivity contribution in [3.05, 3.63) is 41.0 Å². The first kappa shape index (κ1) is 15.0. The Bertz CT molecular complexity index is 527. The number of allylic oxidation sites excluding steroid dienone is 1. The molecule has 0 bridgehead atoms. The average Bonchev–Trinajstić information content (AvgIpc) is 2.30. The van der Waals surface area contributed by atoms with Crippen molar-refractivity contribution in [3.8, 4) is 5.75 Å². The molecule has 0 aliphatic carbocycles. The Balaban J connectivity index is 3.28. The fourth-order valence-corrected chi connectivity index (χ4v) is 1.71. The van der Waals surface area contributed by atoms with Crippen LogP contribution < -0.4 is 4.74 Å². The Morgan fingerprint density at radius 1 is 1.16 bits per heavy atom. The predicted octanol–water partition coefficient (Wildman–Crippen LogP) is 2.91. The van der Waals surface area contributed by atoms with Crippen molar-refractivity contribution in [1.82, 2.24) is 0 Å². The lowest BCUT2D eigenvalue weighted by Crippen LogP contribution is -2.12. The van der Waals surface area contributed by atoms with Crippen LogP contribution in [0.15, 0.2) is 24.3 Å². The predicted molar refractivity (Wildman–Crippen MR) is 72.8 cm³/mol. The van der Waals surface area contributed by atoms with Gasteiger partial charge in [-0.05, 0) is 44.9 Å². The fraction of sp³-hybridized carbons (Fsp3) is 0.333. The molecule has 0 saturated carbocycles. The van der Waals surface area contributed by atoms with E-state index in [1.165, 1.54) is 0 Å². The molecule has 0 aliphatic heterocycles. The van der Waals surface area contributed by atoms with Crippen LogP contribution in [0.2, 0.25) is 0 Å². The number of carbonyl (C=O) groups excluding carboxylic acids is 1. The molecule has 0 amide bonds. The topological polar surface area (TPSA) is 63.6 Å². The number of carboxylic acid groups (broad SMARTS) is 1. The van der Waals surface area contributed by atoms with Crippen LogP contribution in [0.4, 0.5) is 0 Å². The van der Waals surface area contributed by atoms with Crippen molar-refractivity contribution < 1.29 is 19.4 Å². The average molecular weight is 262 g/mol. The van der Waals surface area contributed by atoms with E-state index >= 15 is 0 Å². The lowest BCUT2D eigenvalue weighted by molar-refractivity contribution is -0.131. The van der Waals surface area contributed by atoms with Gasteiger partial charge in [0.05, 0.1) is 11.7 Å². The number of benzene rings is 1. The van der Waals surface area contributed by atoms with E-state index in [1.54, 1.807) is 6.92 Å². The van der Waals surface area contributed by atoms with Crippen LogP contribution in [-0.4, -0.2) is 23.0 Å². The lowest BCUT2D eigenvalue weighted by Gasteiger charge is -2.17. The van der Waals surface area contributed by atoms with Gasteiger partial charge in [0.2, 0.25) is 0 Å². The molecular formula is C15H18O4. The number of ether oxygens (including phenoxy) is 1. The summed E-state index contributed by atoms with van der Waals surface area (Å²) in [5, 5.41) is 8.58. The van der Waals surface area contributed by atoms with Crippen molar-refractivity contribution in [2.24, 2.45) is 0 Å². The monoisotopic (exact) mass is 262 g/mol. The van der Waals surface area contributed by atoms with Crippen molar-refractivity contribution in [2.45, 2.75) is 33.8 Å². The summed E-state index contributed by atoms with van der Waals surface area (Å²) in [5.41, 5.74) is 2.04. The molecule has 102 valence electrons. The molecule has 0 unspecified atom stereocenters. The molecule has 0 aromatic heterocycles. The molecule has 0 radical (unpaired) electrons. The Hall–Kier alpha value is -2.10. The number of carbonyl (C=O) groups is 2. The summed E-state index contributed by atoms with van der Waals surface area (Å²) in [7, 11) is 0. The molecule has 0 fully saturated rings. The maximum absolute atomic E-state index is 12.1. The van der Waals surface area contributed by atoms with Gasteiger partial charge in [-0.2, -0.15) is 0 Å². The first-order valence-corrected chi connectivity index (χ1v) is 6.05. The third kappa shape index (κ3) is 3.95. The summed E-state index contributed by atoms with van der Waals surface area (Å²) >= 11 is 0. The van der Waals surface area contributed by atoms with Crippen LogP contribution in [0.5, 0.6) is 5.75 Å². The second-order valence-electron chi connectivity index (χ2n) is 4.61. The van der Waals surface area contributed by atoms with Gasteiger partial charge >= 0.3 is 5.97 Å². The zero-order valence-electron chi connectivity index (χ0n) is 11.6. The van der Waals surface area contributed by atoms with E-state index in [1.807, 2.05) is 32.9 Å². The van der Waals surface area contributed by atoms with E-state index < -0.39 is 5.97 Å². The maximum Gasteiger partial charge on any atom is 0.328 e. The van der Waals surface area contributed by atoms with E-state index in [9.17, 15) is 9.59 Å². The zero-order valence-corrected chi connectivity index (χ0v) is 11.6. The molecule has 0 saturated heterocycles. The van der Waals surface area contributed by atoms with Crippen molar-refractivity contribution in [3.63, 3.8) is 0 Å². The van der Waals surface area contributed by atoms with Crippen molar-refractivity contribution in [2.75, 3.05) is 0 Å². The maximum atomic E-state index is 12.1. The third-order valence-corrected chi connectivity index (χ3v) is 2.54. The molecule has 19 heavy (non-hydrogen) atoms. The standard InChI is InChI=1S/C15H18O4/c1-9(2)19-15-11(4)6-5-10(3)14(15)12(16)7-8-13(17)18/h5-9H,1-4H3,(H,17,18)/b8-7+. The quantitative estimate of drug-likeness (QED) is 0.654. The molecule has 1 rings (SSSR count). The van der Waals surface area contributed by atoms with Gasteiger partial charge < -0.3 is 9.84 Å². The molecule has 1 aromatic carbocycles. The molecule has 0 heterocycles. The van der Waals surface area contributed by atoms with Crippen LogP contribution in [0.25, 0.3) is 0 Å². The highest BCUT2D eigenvalue weighted by Crippen LogP contribution is 2.28. The smallest absolute Gasteiger partial charge is 0.328 e. The Morgan fingerprint density at radius 2 is 1.74 bits per heavy atom. The molecule has 4 nitrogen and oxygen atoms in total. The number of hydrogen-bond acceptors (Lipinski definition) is 3. The van der Waals surface area contributed by atoms with Gasteiger partial charge in [0.25, 0.3) is 0 Å². The van der Waals surface area contributed by atoms with Gasteiger partial charge in [0.1, 0.15) is 5.75 Å². The van der Waals surface area contributed by atoms with Crippen LogP contribution >= 0.6 is 0 Å². The Kier molecular flexibility index (Phi) is 4.87. The van der Waals surface area contributed by atoms with Crippen LogP contribution in [0.1, 0.15) is 35.3 Å². The highest BCUT2D eigenvalue weighted by atomic mass is 16.5. The third-order valence-electron chi connectivity index (χ3n) is 2.54. The van der Waals surface area contributed by atoms with Gasteiger partial charge in [0, 0.05) is 6.08 Å². The molecule has 0 spiro atoms. The number of hydrogen-bond donors (Lipinski definition) is 1. The first-order valence-electron chi connectivity index (χ1n) is 6.05. The van der Waals surface area contributed by atoms with Crippen LogP contribution in [0, 0.1) is 13.8 Å². The number of aryl methyl sites for hydroxylation is 2. The molecular weight excluding hydrogens is 244 g/mol. The van der Waals surface area contributed by atoms with E-state index in [2.05, 4.69) is 0 Å². The van der Waals surface area contributed by atoms with Gasteiger partial charge in [0.15, 0.2) is 5.78 Å². The first-order chi connectivity index (χ1) is 8.82. The number of carboxylic acids is 1. The summed E-state index contributed by atoms with van der Waals surface area (Å²) in [6, 6.07) is 3.70. The summed E-state index contributed by atoms with van der Waals surface area (Å²) in [6.07, 6.45) is 1.83. The second-order valence-corrected chi connectivity index (χ2v) is 4.61. The molecule has 1 N–H and O–H groups in total. The van der Waals surface area contributed by atoms with Crippen LogP contribution in [0.3, 0.4) is 0 Å². The van der Waals surface area contributed by atoms with E-state index in [0.29, 0.717) is 11.3 Å². The SMILES string of the molecule is Cc1ccc(C)c(C(=O)/C=C/C(=O)O)c1OC(C)C. The van der Waals surface area contributed by atoms with Gasteiger partial charge in [-0.15, -0.1) is 0 Å². The Labute approximate surface area is 112 Å². The minimum Gasteiger partial charge on any atom is -0.490 e. The van der Waals surface area contributed by atoms with Crippen molar-refractivity contribution >= 4 is 11.8 Å². The van der Waals surface area contributed by atoms with Gasteiger partial charge in [-0.25, -0.2) is 4.79 Å². The summed E-state index contributed by atoms with van der Waals surface area (Å²) in [5.74, 6) is -0.987. The summed E-state index contributed by atoms with van der Waals surface area (Å²) < 4.78 is 5.68. The fourth-order valence-electron chi connectivity index (χ4n) is 1.71. The van der Waals surface area contributed by atoms with E-state index in [4.69, 9.17) is 9.84 Å². The number of ketones is 1. The largest absolute Gasteiger partial charge is 0.490 e. The number of rotatable bonds is 5. The Morgan fingerprint density at radius 3 is 2.26 bits per heavy atom. The van der Waals surface area contributed by atoms with E-state index in [0.717, 1.165) is 23.3 Å². The molecule has 0 atom stereocenters. The minimum atomic E-state index is -1.15. The minimum absolute atomic E-state index is 0.0597. The van der Waals surface area contributed by atoms with Crippen LogP contribution in [-0.2, 0) is 4.79 Å². The zero-order chi connectivity index (χ0) is 14.6. The summed E-state index contributed by atoms with van der Waals surface area (Å²) in [4.78, 5) is 22.6. The summed E-state index contributed by atoms with van der Waals surface area (Å²) in [6.45, 7) is 7.41. The normalized spacial score (nSPS) is 11.0. The second kappa shape index (κ2) is 6.18.